The molecule has 0 aromatic rings. The van der Waals surface area contributed by atoms with E-state index in [1.165, 1.54) is 0 Å². The Morgan fingerprint density at radius 2 is 1.46 bits per heavy atom. The minimum absolute atomic E-state index is 0.630. The minimum atomic E-state index is -2.54. The molecule has 1 rings (SSSR count). The molecule has 1 fully saturated rings. The molecule has 0 unspecified atom stereocenters. The second-order valence-electron chi connectivity index (χ2n) is 8.02. The molecule has 0 saturated carbocycles. The highest BCUT2D eigenvalue weighted by atomic mass is 16.8. The summed E-state index contributed by atoms with van der Waals surface area (Å²) in [7, 11) is 0.971. The van der Waals surface area contributed by atoms with Gasteiger partial charge in [-0.25, -0.2) is 4.79 Å². The number of nitrogens with one attached hydrogen (secondary N) is 1. The Hall–Kier alpha value is -3.75. The van der Waals surface area contributed by atoms with Crippen LogP contribution in [0.1, 0.15) is 48.0 Å². The van der Waals surface area contributed by atoms with Crippen LogP contribution in [0.2, 0.25) is 0 Å². The van der Waals surface area contributed by atoms with Crippen LogP contribution in [0.25, 0.3) is 0 Å². The van der Waals surface area contributed by atoms with Crippen molar-refractivity contribution < 1.29 is 66.7 Å². The Labute approximate surface area is 212 Å². The first-order chi connectivity index (χ1) is 17.1. The van der Waals surface area contributed by atoms with Crippen LogP contribution in [0.15, 0.2) is 0 Å². The highest BCUT2D eigenvalue weighted by Gasteiger charge is 2.60. The molecule has 6 atom stereocenters. The lowest BCUT2D eigenvalue weighted by atomic mass is 9.88. The van der Waals surface area contributed by atoms with Gasteiger partial charge in [-0.2, -0.15) is 0 Å². The maximum Gasteiger partial charge on any atom is 0.379 e. The molecule has 37 heavy (non-hydrogen) atoms. The van der Waals surface area contributed by atoms with Crippen LogP contribution >= 0.6 is 0 Å². The van der Waals surface area contributed by atoms with E-state index in [0.29, 0.717) is 0 Å². The number of rotatable bonds is 10. The van der Waals surface area contributed by atoms with Crippen LogP contribution in [0.3, 0.4) is 0 Å². The van der Waals surface area contributed by atoms with Gasteiger partial charge in [-0.15, -0.1) is 0 Å². The molecule has 1 heterocycles. The minimum Gasteiger partial charge on any atom is -0.464 e. The van der Waals surface area contributed by atoms with Crippen molar-refractivity contribution in [2.75, 3.05) is 13.7 Å². The average Bonchev–Trinajstić information content (AvgIpc) is 2.74. The van der Waals surface area contributed by atoms with Crippen molar-refractivity contribution in [3.63, 3.8) is 0 Å². The van der Waals surface area contributed by atoms with E-state index in [2.05, 4.69) is 5.32 Å². The van der Waals surface area contributed by atoms with Gasteiger partial charge in [-0.3, -0.25) is 28.8 Å². The third kappa shape index (κ3) is 9.33. The van der Waals surface area contributed by atoms with Gasteiger partial charge in [0.15, 0.2) is 12.2 Å². The van der Waals surface area contributed by atoms with E-state index < -0.39 is 91.0 Å². The normalized spacial score (nSPS) is 24.4. The fourth-order valence-corrected chi connectivity index (χ4v) is 3.74. The highest BCUT2D eigenvalue weighted by molar-refractivity contribution is 5.82. The van der Waals surface area contributed by atoms with Crippen molar-refractivity contribution in [1.82, 2.24) is 5.32 Å². The predicted octanol–water partition coefficient (Wildman–Crippen LogP) is -0.929. The number of carbonyl (C=O) groups excluding carboxylic acids is 7. The Balaban J connectivity index is 3.83. The monoisotopic (exact) mass is 533 g/mol. The van der Waals surface area contributed by atoms with Gasteiger partial charge >= 0.3 is 41.6 Å². The number of hydrogen-bond donors (Lipinski definition) is 1. The van der Waals surface area contributed by atoms with Gasteiger partial charge in [0.25, 0.3) is 0 Å². The van der Waals surface area contributed by atoms with Crippen LogP contribution < -0.4 is 5.32 Å². The van der Waals surface area contributed by atoms with Crippen LogP contribution in [0, 0.1) is 0 Å². The lowest BCUT2D eigenvalue weighted by Crippen LogP contribution is -2.69. The predicted molar refractivity (Wildman–Crippen MR) is 117 cm³/mol. The van der Waals surface area contributed by atoms with Gasteiger partial charge in [0.2, 0.25) is 5.91 Å². The molecule has 0 spiro atoms. The molecule has 15 nitrogen and oxygen atoms in total. The van der Waals surface area contributed by atoms with E-state index in [0.717, 1.165) is 48.7 Å². The van der Waals surface area contributed by atoms with E-state index in [9.17, 15) is 33.6 Å². The fourth-order valence-electron chi connectivity index (χ4n) is 3.74. The second-order valence-corrected chi connectivity index (χ2v) is 8.02. The second kappa shape index (κ2) is 13.5. The first-order valence-corrected chi connectivity index (χ1v) is 11.0. The van der Waals surface area contributed by atoms with Crippen molar-refractivity contribution in [3.05, 3.63) is 0 Å². The van der Waals surface area contributed by atoms with Gasteiger partial charge in [-0.1, -0.05) is 0 Å². The molecule has 0 aliphatic carbocycles. The smallest absolute Gasteiger partial charge is 0.379 e. The molecule has 0 bridgehead atoms. The quantitative estimate of drug-likeness (QED) is 0.267. The zero-order valence-electron chi connectivity index (χ0n) is 21.5. The van der Waals surface area contributed by atoms with Crippen LogP contribution in [-0.2, 0) is 66.7 Å². The zero-order valence-corrected chi connectivity index (χ0v) is 21.5. The van der Waals surface area contributed by atoms with Gasteiger partial charge in [0, 0.05) is 41.5 Å². The van der Waals surface area contributed by atoms with Crippen LogP contribution in [0.5, 0.6) is 0 Å². The fraction of sp³-hybridized carbons (Fsp3) is 0.682. The third-order valence-electron chi connectivity index (χ3n) is 4.80. The van der Waals surface area contributed by atoms with Crippen LogP contribution in [0.4, 0.5) is 0 Å². The van der Waals surface area contributed by atoms with Gasteiger partial charge in [0.05, 0.1) is 19.6 Å². The summed E-state index contributed by atoms with van der Waals surface area (Å²) in [4.78, 5) is 84.1. The summed E-state index contributed by atoms with van der Waals surface area (Å²) in [6.07, 6.45) is -6.98. The molecule has 208 valence electrons. The molecule has 1 aliphatic heterocycles. The van der Waals surface area contributed by atoms with E-state index >= 15 is 0 Å². The molecule has 0 radical (unpaired) electrons. The SMILES string of the molecule is COC(=O)[C@]1(OC(C)=O)C[C@H](OC(C)=O)[C@@H](NC(C)=O)[C@H]([C@@H](OC(C)=O)[C@@H](COC(C)=O)OC(C)=O)O1. The molecule has 1 amide bonds. The molecule has 1 N–H and O–H groups in total. The Morgan fingerprint density at radius 3 is 1.89 bits per heavy atom. The molecule has 0 aromatic heterocycles. The first kappa shape index (κ1) is 31.3. The van der Waals surface area contributed by atoms with Crippen LogP contribution in [-0.4, -0.2) is 91.7 Å². The lowest BCUT2D eigenvalue weighted by molar-refractivity contribution is -0.304. The number of hydrogen-bond acceptors (Lipinski definition) is 14. The Bertz CT molecular complexity index is 917. The largest absolute Gasteiger partial charge is 0.464 e. The van der Waals surface area contributed by atoms with Crippen molar-refractivity contribution >= 4 is 41.7 Å². The standard InChI is InChI=1S/C22H31NO14/c1-10(24)23-18-16(33-12(3)26)8-22(21(30)31-7,36-15(6)29)37-20(18)19(35-14(5)28)17(34-13(4)27)9-32-11(2)25/h16-20H,8-9H2,1-7H3,(H,23,24)/t16-,17+,18+,19-,20+,22-/m0/s1. The molecule has 1 aliphatic rings. The summed E-state index contributed by atoms with van der Waals surface area (Å²) in [5.74, 6) is -8.84. The summed E-state index contributed by atoms with van der Waals surface area (Å²) in [5, 5.41) is 2.49. The zero-order chi connectivity index (χ0) is 28.5. The Morgan fingerprint density at radius 1 is 0.865 bits per heavy atom. The maximum absolute atomic E-state index is 12.8. The van der Waals surface area contributed by atoms with Crippen molar-refractivity contribution in [2.45, 2.75) is 84.2 Å². The summed E-state index contributed by atoms with van der Waals surface area (Å²) in [5.41, 5.74) is 0. The van der Waals surface area contributed by atoms with E-state index in [-0.39, 0.29) is 0 Å². The molecule has 15 heteroatoms. The van der Waals surface area contributed by atoms with Crippen molar-refractivity contribution in [1.29, 1.82) is 0 Å². The van der Waals surface area contributed by atoms with E-state index in [4.69, 9.17) is 33.2 Å². The summed E-state index contributed by atoms with van der Waals surface area (Å²) < 4.78 is 36.6. The summed E-state index contributed by atoms with van der Waals surface area (Å²) in [6.45, 7) is 5.60. The van der Waals surface area contributed by atoms with Gasteiger partial charge in [0.1, 0.15) is 18.8 Å². The van der Waals surface area contributed by atoms with Crippen molar-refractivity contribution in [3.8, 4) is 0 Å². The van der Waals surface area contributed by atoms with E-state index in [1.54, 1.807) is 0 Å². The van der Waals surface area contributed by atoms with Crippen molar-refractivity contribution in [2.24, 2.45) is 0 Å². The number of ether oxygens (including phenoxy) is 7. The topological polar surface area (TPSA) is 196 Å². The van der Waals surface area contributed by atoms with Gasteiger partial charge < -0.3 is 38.5 Å². The summed E-state index contributed by atoms with van der Waals surface area (Å²) >= 11 is 0. The average molecular weight is 533 g/mol. The third-order valence-corrected chi connectivity index (χ3v) is 4.80. The molecular formula is C22H31NO14. The highest BCUT2D eigenvalue weighted by Crippen LogP contribution is 2.37. The number of methoxy groups -OCH3 is 1. The first-order valence-electron chi connectivity index (χ1n) is 11.0. The molecular weight excluding hydrogens is 502 g/mol. The maximum atomic E-state index is 12.8. The lowest BCUT2D eigenvalue weighted by Gasteiger charge is -2.48. The summed E-state index contributed by atoms with van der Waals surface area (Å²) in [6, 6.07) is -1.35. The van der Waals surface area contributed by atoms with Gasteiger partial charge in [-0.05, 0) is 0 Å². The molecule has 1 saturated heterocycles. The number of amides is 1. The number of carbonyl (C=O) groups is 7. The Kier molecular flexibility index (Phi) is 11.4. The van der Waals surface area contributed by atoms with E-state index in [1.807, 2.05) is 0 Å². The molecule has 0 aromatic carbocycles. The number of esters is 6.